The fraction of sp³-hybridized carbons (Fsp3) is 0.0526. The largest absolute Gasteiger partial charge is 0.355 e. The van der Waals surface area contributed by atoms with Crippen molar-refractivity contribution >= 4 is 23.0 Å². The molecular formula is C19H17N3O. The molecule has 0 spiro atoms. The minimum atomic E-state index is -0.115. The Hall–Kier alpha value is -3.14. The van der Waals surface area contributed by atoms with E-state index < -0.39 is 0 Å². The number of nitrogens with one attached hydrogen (secondary N) is 2. The molecule has 0 bridgehead atoms. The van der Waals surface area contributed by atoms with Crippen LogP contribution in [0.25, 0.3) is 0 Å². The molecule has 4 heteroatoms. The molecule has 0 radical (unpaired) electrons. The molecule has 0 saturated carbocycles. The fourth-order valence-electron chi connectivity index (χ4n) is 2.22. The quantitative estimate of drug-likeness (QED) is 0.751. The van der Waals surface area contributed by atoms with Crippen LogP contribution in [0.2, 0.25) is 0 Å². The number of carbonyl (C=O) groups excluding carboxylic acids is 1. The van der Waals surface area contributed by atoms with Gasteiger partial charge in [0.15, 0.2) is 0 Å². The first-order valence-electron chi connectivity index (χ1n) is 7.37. The summed E-state index contributed by atoms with van der Waals surface area (Å²) in [6.07, 6.45) is 1.77. The molecule has 114 valence electrons. The van der Waals surface area contributed by atoms with Crippen molar-refractivity contribution in [3.8, 4) is 0 Å². The summed E-state index contributed by atoms with van der Waals surface area (Å²) in [6, 6.07) is 20.6. The highest BCUT2D eigenvalue weighted by atomic mass is 16.1. The van der Waals surface area contributed by atoms with Gasteiger partial charge in [-0.1, -0.05) is 18.2 Å². The van der Waals surface area contributed by atoms with E-state index in [0.29, 0.717) is 5.56 Å². The van der Waals surface area contributed by atoms with Gasteiger partial charge in [0.05, 0.1) is 0 Å². The second-order valence-electron chi connectivity index (χ2n) is 5.21. The third-order valence-corrected chi connectivity index (χ3v) is 3.36. The zero-order chi connectivity index (χ0) is 16.1. The van der Waals surface area contributed by atoms with E-state index in [2.05, 4.69) is 15.6 Å². The van der Waals surface area contributed by atoms with Gasteiger partial charge in [0.25, 0.3) is 5.91 Å². The number of amides is 1. The second-order valence-corrected chi connectivity index (χ2v) is 5.21. The first-order valence-corrected chi connectivity index (χ1v) is 7.37. The second kappa shape index (κ2) is 6.75. The van der Waals surface area contributed by atoms with Crippen LogP contribution in [0.3, 0.4) is 0 Å². The Bertz CT molecular complexity index is 798. The molecule has 2 aromatic carbocycles. The molecular weight excluding hydrogens is 286 g/mol. The monoisotopic (exact) mass is 303 g/mol. The Labute approximate surface area is 135 Å². The maximum Gasteiger partial charge on any atom is 0.255 e. The van der Waals surface area contributed by atoms with Crippen molar-refractivity contribution in [3.63, 3.8) is 0 Å². The molecule has 1 amide bonds. The van der Waals surface area contributed by atoms with Crippen molar-refractivity contribution in [2.45, 2.75) is 6.92 Å². The predicted octanol–water partition coefficient (Wildman–Crippen LogP) is 4.39. The first-order chi connectivity index (χ1) is 11.2. The molecule has 23 heavy (non-hydrogen) atoms. The fourth-order valence-corrected chi connectivity index (χ4v) is 2.22. The Balaban J connectivity index is 1.66. The van der Waals surface area contributed by atoms with Crippen LogP contribution in [0, 0.1) is 6.92 Å². The van der Waals surface area contributed by atoms with Crippen molar-refractivity contribution in [2.75, 3.05) is 10.6 Å². The van der Waals surface area contributed by atoms with E-state index in [1.54, 1.807) is 18.3 Å². The lowest BCUT2D eigenvalue weighted by molar-refractivity contribution is 0.102. The number of hydrogen-bond donors (Lipinski definition) is 2. The van der Waals surface area contributed by atoms with Crippen LogP contribution in [0.1, 0.15) is 16.1 Å². The van der Waals surface area contributed by atoms with E-state index in [4.69, 9.17) is 0 Å². The van der Waals surface area contributed by atoms with Gasteiger partial charge < -0.3 is 10.6 Å². The molecule has 0 aliphatic rings. The van der Waals surface area contributed by atoms with Gasteiger partial charge in [-0.3, -0.25) is 9.78 Å². The molecule has 1 heterocycles. The SMILES string of the molecule is Cc1cc(Nc2ccc(NC(=O)c3ccccc3)cc2)ccn1. The Morgan fingerprint density at radius 1 is 0.870 bits per heavy atom. The number of benzene rings is 2. The predicted molar refractivity (Wildman–Crippen MR) is 93.1 cm³/mol. The highest BCUT2D eigenvalue weighted by molar-refractivity contribution is 6.04. The van der Waals surface area contributed by atoms with Crippen LogP contribution in [0.5, 0.6) is 0 Å². The number of aromatic nitrogens is 1. The number of anilines is 3. The van der Waals surface area contributed by atoms with Crippen molar-refractivity contribution in [3.05, 3.63) is 84.2 Å². The summed E-state index contributed by atoms with van der Waals surface area (Å²) < 4.78 is 0. The normalized spacial score (nSPS) is 10.1. The van der Waals surface area contributed by atoms with E-state index in [1.807, 2.05) is 61.5 Å². The summed E-state index contributed by atoms with van der Waals surface area (Å²) in [5, 5.41) is 6.19. The van der Waals surface area contributed by atoms with Crippen LogP contribution in [-0.4, -0.2) is 10.9 Å². The zero-order valence-electron chi connectivity index (χ0n) is 12.8. The highest BCUT2D eigenvalue weighted by Gasteiger charge is 2.05. The first kappa shape index (κ1) is 14.8. The van der Waals surface area contributed by atoms with Gasteiger partial charge in [-0.05, 0) is 55.5 Å². The van der Waals surface area contributed by atoms with Gasteiger partial charge >= 0.3 is 0 Å². The number of hydrogen-bond acceptors (Lipinski definition) is 3. The van der Waals surface area contributed by atoms with E-state index >= 15 is 0 Å². The zero-order valence-corrected chi connectivity index (χ0v) is 12.8. The maximum atomic E-state index is 12.1. The summed E-state index contributed by atoms with van der Waals surface area (Å²) in [7, 11) is 0. The average Bonchev–Trinajstić information content (AvgIpc) is 2.57. The van der Waals surface area contributed by atoms with Crippen molar-refractivity contribution in [1.29, 1.82) is 0 Å². The number of aryl methyl sites for hydroxylation is 1. The average molecular weight is 303 g/mol. The lowest BCUT2D eigenvalue weighted by Gasteiger charge is -2.09. The van der Waals surface area contributed by atoms with Crippen molar-refractivity contribution in [1.82, 2.24) is 4.98 Å². The third kappa shape index (κ3) is 3.95. The number of pyridine rings is 1. The van der Waals surface area contributed by atoms with Gasteiger partial charge in [0.2, 0.25) is 0 Å². The standard InChI is InChI=1S/C19H17N3O/c1-14-13-18(11-12-20-14)21-16-7-9-17(10-8-16)22-19(23)15-5-3-2-4-6-15/h2-13H,1H3,(H,20,21)(H,22,23). The van der Waals surface area contributed by atoms with Crippen LogP contribution in [0.15, 0.2) is 72.9 Å². The summed E-state index contributed by atoms with van der Waals surface area (Å²) in [5.41, 5.74) is 4.30. The molecule has 0 aliphatic carbocycles. The molecule has 0 unspecified atom stereocenters. The smallest absolute Gasteiger partial charge is 0.255 e. The van der Waals surface area contributed by atoms with Gasteiger partial charge in [0, 0.05) is 34.5 Å². The van der Waals surface area contributed by atoms with Gasteiger partial charge in [-0.2, -0.15) is 0 Å². The summed E-state index contributed by atoms with van der Waals surface area (Å²) in [6.45, 7) is 1.95. The highest BCUT2D eigenvalue weighted by Crippen LogP contribution is 2.19. The molecule has 4 nitrogen and oxygen atoms in total. The minimum absolute atomic E-state index is 0.115. The van der Waals surface area contributed by atoms with Gasteiger partial charge in [-0.25, -0.2) is 0 Å². The third-order valence-electron chi connectivity index (χ3n) is 3.36. The Kier molecular flexibility index (Phi) is 4.34. The molecule has 0 fully saturated rings. The summed E-state index contributed by atoms with van der Waals surface area (Å²) in [4.78, 5) is 16.3. The number of nitrogens with zero attached hydrogens (tertiary/aromatic N) is 1. The van der Waals surface area contributed by atoms with Crippen LogP contribution in [0.4, 0.5) is 17.1 Å². The molecule has 0 atom stereocenters. The topological polar surface area (TPSA) is 54.0 Å². The number of rotatable bonds is 4. The van der Waals surface area contributed by atoms with E-state index in [1.165, 1.54) is 0 Å². The van der Waals surface area contributed by atoms with E-state index in [0.717, 1.165) is 22.8 Å². The van der Waals surface area contributed by atoms with Crippen LogP contribution < -0.4 is 10.6 Å². The van der Waals surface area contributed by atoms with Crippen molar-refractivity contribution in [2.24, 2.45) is 0 Å². The Morgan fingerprint density at radius 3 is 2.26 bits per heavy atom. The van der Waals surface area contributed by atoms with Gasteiger partial charge in [0.1, 0.15) is 0 Å². The lowest BCUT2D eigenvalue weighted by atomic mass is 10.2. The molecule has 0 saturated heterocycles. The molecule has 2 N–H and O–H groups in total. The van der Waals surface area contributed by atoms with E-state index in [-0.39, 0.29) is 5.91 Å². The van der Waals surface area contributed by atoms with Gasteiger partial charge in [-0.15, -0.1) is 0 Å². The molecule has 3 rings (SSSR count). The van der Waals surface area contributed by atoms with Crippen LogP contribution >= 0.6 is 0 Å². The number of carbonyl (C=O) groups is 1. The maximum absolute atomic E-state index is 12.1. The lowest BCUT2D eigenvalue weighted by Crippen LogP contribution is -2.11. The van der Waals surface area contributed by atoms with Crippen LogP contribution in [-0.2, 0) is 0 Å². The molecule has 1 aromatic heterocycles. The van der Waals surface area contributed by atoms with E-state index in [9.17, 15) is 4.79 Å². The van der Waals surface area contributed by atoms with Crippen molar-refractivity contribution < 1.29 is 4.79 Å². The molecule has 0 aliphatic heterocycles. The minimum Gasteiger partial charge on any atom is -0.355 e. The summed E-state index contributed by atoms with van der Waals surface area (Å²) in [5.74, 6) is -0.115. The Morgan fingerprint density at radius 2 is 1.57 bits per heavy atom. The summed E-state index contributed by atoms with van der Waals surface area (Å²) >= 11 is 0. The molecule has 3 aromatic rings.